The van der Waals surface area contributed by atoms with Gasteiger partial charge in [-0.05, 0) is 50.5 Å². The number of amides is 1. The van der Waals surface area contributed by atoms with E-state index in [1.807, 2.05) is 6.92 Å². The third-order valence-corrected chi connectivity index (χ3v) is 6.09. The van der Waals surface area contributed by atoms with Gasteiger partial charge in [0.05, 0.1) is 23.6 Å². The fourth-order valence-corrected chi connectivity index (χ4v) is 4.31. The summed E-state index contributed by atoms with van der Waals surface area (Å²) in [5, 5.41) is 0. The third-order valence-electron chi connectivity index (χ3n) is 4.60. The van der Waals surface area contributed by atoms with Crippen LogP contribution in [0.15, 0.2) is 52.0 Å². The van der Waals surface area contributed by atoms with Gasteiger partial charge in [0.25, 0.3) is 0 Å². The van der Waals surface area contributed by atoms with Gasteiger partial charge in [-0.3, -0.25) is 4.79 Å². The highest BCUT2D eigenvalue weighted by molar-refractivity contribution is 7.89. The van der Waals surface area contributed by atoms with Gasteiger partial charge in [-0.2, -0.15) is 4.72 Å². The number of nitrogens with zero attached hydrogens (tertiary/aromatic N) is 1. The van der Waals surface area contributed by atoms with Crippen LogP contribution in [-0.2, 0) is 14.8 Å². The number of aryl methyl sites for hydroxylation is 1. The van der Waals surface area contributed by atoms with Gasteiger partial charge in [0.2, 0.25) is 15.9 Å². The van der Waals surface area contributed by atoms with Crippen molar-refractivity contribution in [2.24, 2.45) is 0 Å². The topological polar surface area (TPSA) is 79.6 Å². The Morgan fingerprint density at radius 2 is 1.85 bits per heavy atom. The van der Waals surface area contributed by atoms with Gasteiger partial charge in [-0.15, -0.1) is 0 Å². The van der Waals surface area contributed by atoms with Gasteiger partial charge in [-0.25, -0.2) is 8.42 Å². The Morgan fingerprint density at radius 3 is 2.46 bits per heavy atom. The second kappa shape index (κ2) is 8.05. The van der Waals surface area contributed by atoms with E-state index in [0.29, 0.717) is 5.76 Å². The molecule has 1 N–H and O–H groups in total. The highest BCUT2D eigenvalue weighted by Gasteiger charge is 2.28. The van der Waals surface area contributed by atoms with Crippen molar-refractivity contribution in [3.05, 3.63) is 54.0 Å². The minimum Gasteiger partial charge on any atom is -0.468 e. The molecule has 1 amide bonds. The summed E-state index contributed by atoms with van der Waals surface area (Å²) in [5.74, 6) is 0.378. The highest BCUT2D eigenvalue weighted by Crippen LogP contribution is 2.23. The summed E-state index contributed by atoms with van der Waals surface area (Å²) in [5.41, 5.74) is 0.979. The van der Waals surface area contributed by atoms with Crippen LogP contribution < -0.4 is 4.72 Å². The zero-order chi connectivity index (χ0) is 18.6. The number of benzene rings is 1. The molecule has 1 aliphatic heterocycles. The second-order valence-corrected chi connectivity index (χ2v) is 8.36. The van der Waals surface area contributed by atoms with Crippen LogP contribution in [0, 0.1) is 6.92 Å². The second-order valence-electron chi connectivity index (χ2n) is 6.65. The molecule has 0 bridgehead atoms. The first-order chi connectivity index (χ1) is 12.5. The molecule has 0 aliphatic carbocycles. The Morgan fingerprint density at radius 1 is 1.15 bits per heavy atom. The lowest BCUT2D eigenvalue weighted by Gasteiger charge is -2.28. The molecule has 6 nitrogen and oxygen atoms in total. The summed E-state index contributed by atoms with van der Waals surface area (Å²) in [6, 6.07) is 9.25. The number of rotatable bonds is 6. The first-order valence-corrected chi connectivity index (χ1v) is 10.3. The smallest absolute Gasteiger partial charge is 0.241 e. The van der Waals surface area contributed by atoms with Crippen LogP contribution in [0.25, 0.3) is 0 Å². The number of carbonyl (C=O) groups excluding carboxylic acids is 1. The Bertz CT molecular complexity index is 823. The molecule has 3 rings (SSSR count). The number of nitrogens with one attached hydrogen (secondary N) is 1. The number of carbonyl (C=O) groups is 1. The minimum absolute atomic E-state index is 0.0403. The van der Waals surface area contributed by atoms with Gasteiger partial charge in [0.15, 0.2) is 0 Å². The number of piperidine rings is 1. The van der Waals surface area contributed by atoms with E-state index in [0.717, 1.165) is 37.9 Å². The molecule has 26 heavy (non-hydrogen) atoms. The summed E-state index contributed by atoms with van der Waals surface area (Å²) < 4.78 is 33.5. The molecule has 1 atom stereocenters. The fourth-order valence-electron chi connectivity index (χ4n) is 3.11. The monoisotopic (exact) mass is 376 g/mol. The predicted molar refractivity (Wildman–Crippen MR) is 98.0 cm³/mol. The number of sulfonamides is 1. The third kappa shape index (κ3) is 4.53. The molecule has 0 saturated carbocycles. The molecular weight excluding hydrogens is 352 g/mol. The van der Waals surface area contributed by atoms with Gasteiger partial charge in [-0.1, -0.05) is 17.7 Å². The molecule has 2 heterocycles. The molecular formula is C19H24N2O4S. The minimum atomic E-state index is -3.76. The Hall–Kier alpha value is -2.12. The van der Waals surface area contributed by atoms with Crippen molar-refractivity contribution in [1.29, 1.82) is 0 Å². The van der Waals surface area contributed by atoms with Crippen LogP contribution in [0.1, 0.15) is 43.0 Å². The molecule has 1 aliphatic rings. The van der Waals surface area contributed by atoms with E-state index in [1.54, 1.807) is 41.3 Å². The van der Waals surface area contributed by atoms with Crippen LogP contribution in [0.2, 0.25) is 0 Å². The molecule has 1 unspecified atom stereocenters. The van der Waals surface area contributed by atoms with Crippen molar-refractivity contribution in [1.82, 2.24) is 9.62 Å². The van der Waals surface area contributed by atoms with E-state index in [2.05, 4.69) is 4.72 Å². The Balaban J connectivity index is 1.78. The van der Waals surface area contributed by atoms with Crippen LogP contribution in [0.5, 0.6) is 0 Å². The molecule has 140 valence electrons. The van der Waals surface area contributed by atoms with E-state index in [-0.39, 0.29) is 17.2 Å². The van der Waals surface area contributed by atoms with Gasteiger partial charge in [0, 0.05) is 13.1 Å². The molecule has 0 radical (unpaired) electrons. The van der Waals surface area contributed by atoms with Gasteiger partial charge < -0.3 is 9.32 Å². The van der Waals surface area contributed by atoms with E-state index in [1.165, 1.54) is 6.26 Å². The average Bonchev–Trinajstić information content (AvgIpc) is 3.17. The lowest BCUT2D eigenvalue weighted by Crippen LogP contribution is -2.39. The van der Waals surface area contributed by atoms with Crippen molar-refractivity contribution < 1.29 is 17.6 Å². The van der Waals surface area contributed by atoms with Crippen LogP contribution in [0.4, 0.5) is 0 Å². The van der Waals surface area contributed by atoms with Gasteiger partial charge >= 0.3 is 0 Å². The van der Waals surface area contributed by atoms with E-state index in [4.69, 9.17) is 4.42 Å². The van der Waals surface area contributed by atoms with E-state index < -0.39 is 16.1 Å². The standard InChI is InChI=1S/C19H24N2O4S/c1-15-7-9-16(10-8-15)26(23,24)20-17(18-6-5-13-25-18)14-19(22)21-11-3-2-4-12-21/h5-10,13,17,20H,2-4,11-12,14H2,1H3. The SMILES string of the molecule is Cc1ccc(S(=O)(=O)NC(CC(=O)N2CCCCC2)c2ccco2)cc1. The summed E-state index contributed by atoms with van der Waals surface area (Å²) in [6.45, 7) is 3.36. The number of hydrogen-bond acceptors (Lipinski definition) is 4. The van der Waals surface area contributed by atoms with Crippen molar-refractivity contribution in [3.63, 3.8) is 0 Å². The maximum absolute atomic E-state index is 12.7. The lowest BCUT2D eigenvalue weighted by atomic mass is 10.1. The quantitative estimate of drug-likeness (QED) is 0.840. The number of hydrogen-bond donors (Lipinski definition) is 1. The van der Waals surface area contributed by atoms with Crippen molar-refractivity contribution in [2.45, 2.75) is 43.5 Å². The maximum atomic E-state index is 12.7. The maximum Gasteiger partial charge on any atom is 0.241 e. The molecule has 2 aromatic rings. The highest BCUT2D eigenvalue weighted by atomic mass is 32.2. The zero-order valence-corrected chi connectivity index (χ0v) is 15.7. The summed E-state index contributed by atoms with van der Waals surface area (Å²) in [6.07, 6.45) is 4.64. The summed E-state index contributed by atoms with van der Waals surface area (Å²) >= 11 is 0. The molecule has 1 aromatic carbocycles. The fraction of sp³-hybridized carbons (Fsp3) is 0.421. The Kier molecular flexibility index (Phi) is 5.78. The van der Waals surface area contributed by atoms with Crippen LogP contribution in [-0.4, -0.2) is 32.3 Å². The summed E-state index contributed by atoms with van der Waals surface area (Å²) in [4.78, 5) is 14.6. The van der Waals surface area contributed by atoms with E-state index >= 15 is 0 Å². The Labute approximate surface area is 154 Å². The van der Waals surface area contributed by atoms with Gasteiger partial charge in [0.1, 0.15) is 5.76 Å². The largest absolute Gasteiger partial charge is 0.468 e. The molecule has 7 heteroatoms. The number of furan rings is 1. The summed E-state index contributed by atoms with van der Waals surface area (Å²) in [7, 11) is -3.76. The lowest BCUT2D eigenvalue weighted by molar-refractivity contribution is -0.132. The number of likely N-dealkylation sites (tertiary alicyclic amines) is 1. The average molecular weight is 376 g/mol. The van der Waals surface area contributed by atoms with Crippen LogP contribution >= 0.6 is 0 Å². The molecule has 1 fully saturated rings. The normalized spacial score (nSPS) is 16.4. The van der Waals surface area contributed by atoms with E-state index in [9.17, 15) is 13.2 Å². The van der Waals surface area contributed by atoms with Crippen molar-refractivity contribution in [3.8, 4) is 0 Å². The molecule has 1 saturated heterocycles. The molecule has 0 spiro atoms. The predicted octanol–water partition coefficient (Wildman–Crippen LogP) is 3.01. The zero-order valence-electron chi connectivity index (χ0n) is 14.8. The van der Waals surface area contributed by atoms with Crippen molar-refractivity contribution in [2.75, 3.05) is 13.1 Å². The van der Waals surface area contributed by atoms with Crippen LogP contribution in [0.3, 0.4) is 0 Å². The first kappa shape index (κ1) is 18.7. The molecule has 1 aromatic heterocycles. The van der Waals surface area contributed by atoms with Crippen molar-refractivity contribution >= 4 is 15.9 Å². The first-order valence-electron chi connectivity index (χ1n) is 8.86.